The maximum absolute atomic E-state index is 12.9. The van der Waals surface area contributed by atoms with Crippen molar-refractivity contribution in [3.8, 4) is 0 Å². The molecule has 0 aromatic rings. The first-order valence-electron chi connectivity index (χ1n) is 37.1. The Morgan fingerprint density at radius 1 is 0.241 bits per heavy atom. The Balaban J connectivity index is 4.12. The smallest absolute Gasteiger partial charge is 0.306 e. The van der Waals surface area contributed by atoms with E-state index in [0.717, 1.165) is 103 Å². The Morgan fingerprint density at radius 3 is 0.699 bits per heavy atom. The molecule has 0 aromatic carbocycles. The number of ether oxygens (including phenoxy) is 3. The zero-order valence-electron chi connectivity index (χ0n) is 56.0. The average Bonchev–Trinajstić information content (AvgIpc) is 3.49. The first-order valence-corrected chi connectivity index (χ1v) is 37.1. The van der Waals surface area contributed by atoms with Crippen LogP contribution in [0.2, 0.25) is 0 Å². The highest BCUT2D eigenvalue weighted by molar-refractivity contribution is 5.71. The van der Waals surface area contributed by atoms with Crippen LogP contribution in [0.5, 0.6) is 0 Å². The van der Waals surface area contributed by atoms with Crippen LogP contribution in [-0.4, -0.2) is 37.2 Å². The second-order valence-corrected chi connectivity index (χ2v) is 25.2. The summed E-state index contributed by atoms with van der Waals surface area (Å²) in [5, 5.41) is 0. The minimum Gasteiger partial charge on any atom is -0.462 e. The van der Waals surface area contributed by atoms with E-state index in [0.29, 0.717) is 19.3 Å². The molecule has 0 saturated carbocycles. The van der Waals surface area contributed by atoms with E-state index in [1.807, 2.05) is 0 Å². The summed E-state index contributed by atoms with van der Waals surface area (Å²) in [6, 6.07) is 0. The molecule has 0 aliphatic rings. The van der Waals surface area contributed by atoms with Crippen molar-refractivity contribution in [2.24, 2.45) is 0 Å². The first kappa shape index (κ1) is 80.4. The number of esters is 3. The van der Waals surface area contributed by atoms with Crippen molar-refractivity contribution in [3.05, 3.63) is 48.6 Å². The van der Waals surface area contributed by atoms with Gasteiger partial charge in [-0.15, -0.1) is 0 Å². The topological polar surface area (TPSA) is 78.9 Å². The van der Waals surface area contributed by atoms with Crippen LogP contribution in [0, 0.1) is 0 Å². The highest BCUT2D eigenvalue weighted by Gasteiger charge is 2.19. The number of rotatable bonds is 69. The fourth-order valence-corrected chi connectivity index (χ4v) is 11.2. The van der Waals surface area contributed by atoms with E-state index in [-0.39, 0.29) is 31.1 Å². The lowest BCUT2D eigenvalue weighted by molar-refractivity contribution is -0.167. The van der Waals surface area contributed by atoms with Crippen molar-refractivity contribution in [1.29, 1.82) is 0 Å². The van der Waals surface area contributed by atoms with Crippen molar-refractivity contribution in [2.45, 2.75) is 412 Å². The van der Waals surface area contributed by atoms with Crippen LogP contribution in [0.15, 0.2) is 48.6 Å². The predicted octanol–water partition coefficient (Wildman–Crippen LogP) is 25.7. The molecule has 1 unspecified atom stereocenters. The van der Waals surface area contributed by atoms with Gasteiger partial charge in [0.05, 0.1) is 0 Å². The van der Waals surface area contributed by atoms with Gasteiger partial charge in [0.25, 0.3) is 0 Å². The number of hydrogen-bond donors (Lipinski definition) is 0. The third kappa shape index (κ3) is 70.0. The van der Waals surface area contributed by atoms with E-state index < -0.39 is 6.10 Å². The molecule has 0 rings (SSSR count). The Bertz CT molecular complexity index is 1430. The van der Waals surface area contributed by atoms with Crippen molar-refractivity contribution >= 4 is 17.9 Å². The summed E-state index contributed by atoms with van der Waals surface area (Å²) < 4.78 is 17.0. The molecular weight excluding hydrogens is 1020 g/mol. The Kier molecular flexibility index (Phi) is 69.6. The molecule has 486 valence electrons. The fourth-order valence-electron chi connectivity index (χ4n) is 11.2. The lowest BCUT2D eigenvalue weighted by Gasteiger charge is -2.18. The Labute approximate surface area is 518 Å². The molecule has 0 spiro atoms. The van der Waals surface area contributed by atoms with Gasteiger partial charge in [0.15, 0.2) is 6.10 Å². The van der Waals surface area contributed by atoms with Gasteiger partial charge in [0, 0.05) is 19.3 Å². The molecule has 0 aliphatic carbocycles. The summed E-state index contributed by atoms with van der Waals surface area (Å²) in [4.78, 5) is 38.4. The van der Waals surface area contributed by atoms with Crippen LogP contribution in [0.1, 0.15) is 406 Å². The van der Waals surface area contributed by atoms with Gasteiger partial charge in [-0.25, -0.2) is 0 Å². The number of unbranched alkanes of at least 4 members (excludes halogenated alkanes) is 50. The third-order valence-electron chi connectivity index (χ3n) is 16.8. The molecular formula is C77H142O6. The van der Waals surface area contributed by atoms with Crippen LogP contribution in [-0.2, 0) is 28.6 Å². The molecule has 6 nitrogen and oxygen atoms in total. The molecule has 0 radical (unpaired) electrons. The predicted molar refractivity (Wildman–Crippen MR) is 362 cm³/mol. The largest absolute Gasteiger partial charge is 0.462 e. The molecule has 0 amide bonds. The van der Waals surface area contributed by atoms with Crippen LogP contribution >= 0.6 is 0 Å². The summed E-state index contributed by atoms with van der Waals surface area (Å²) in [5.74, 6) is -0.884. The van der Waals surface area contributed by atoms with E-state index >= 15 is 0 Å². The van der Waals surface area contributed by atoms with Gasteiger partial charge in [-0.3, -0.25) is 14.4 Å². The molecule has 83 heavy (non-hydrogen) atoms. The molecule has 0 saturated heterocycles. The Hall–Kier alpha value is -2.63. The quantitative estimate of drug-likeness (QED) is 0.0261. The molecule has 1 atom stereocenters. The van der Waals surface area contributed by atoms with E-state index in [1.54, 1.807) is 0 Å². The van der Waals surface area contributed by atoms with Crippen molar-refractivity contribution in [1.82, 2.24) is 0 Å². The summed E-state index contributed by atoms with van der Waals surface area (Å²) in [6.07, 6.45) is 91.7. The molecule has 0 aromatic heterocycles. The number of allylic oxidation sites excluding steroid dienone is 8. The second-order valence-electron chi connectivity index (χ2n) is 25.2. The molecule has 0 bridgehead atoms. The van der Waals surface area contributed by atoms with E-state index in [9.17, 15) is 14.4 Å². The average molecular weight is 1160 g/mol. The Morgan fingerprint density at radius 2 is 0.434 bits per heavy atom. The van der Waals surface area contributed by atoms with E-state index in [4.69, 9.17) is 14.2 Å². The van der Waals surface area contributed by atoms with Crippen molar-refractivity contribution in [3.63, 3.8) is 0 Å². The van der Waals surface area contributed by atoms with Gasteiger partial charge in [0.2, 0.25) is 0 Å². The standard InChI is InChI=1S/C77H142O6/c1-4-7-10-13-16-19-22-25-28-30-31-32-33-34-35-36-37-38-39-40-41-42-43-44-45-46-47-50-52-55-58-61-64-67-70-76(79)82-73-74(72-81-75(78)69-66-63-60-57-54-51-48-27-24-21-18-15-12-9-6-3)83-77(80)71-68-65-62-59-56-53-49-29-26-23-20-17-14-11-8-5-2/h18,20-21,23,27,29,48-49,74H,4-17,19,22,24-26,28,30-47,50-73H2,1-3H3/b21-18-,23-20-,48-27-,49-29-. The lowest BCUT2D eigenvalue weighted by Crippen LogP contribution is -2.30. The molecule has 0 heterocycles. The summed E-state index contributed by atoms with van der Waals surface area (Å²) in [5.41, 5.74) is 0. The minimum absolute atomic E-state index is 0.0799. The number of carbonyl (C=O) groups excluding carboxylic acids is 3. The monoisotopic (exact) mass is 1160 g/mol. The third-order valence-corrected chi connectivity index (χ3v) is 16.8. The maximum Gasteiger partial charge on any atom is 0.306 e. The van der Waals surface area contributed by atoms with Crippen LogP contribution in [0.4, 0.5) is 0 Å². The zero-order valence-corrected chi connectivity index (χ0v) is 56.0. The lowest BCUT2D eigenvalue weighted by atomic mass is 10.0. The summed E-state index contributed by atoms with van der Waals surface area (Å²) >= 11 is 0. The second kappa shape index (κ2) is 71.8. The summed E-state index contributed by atoms with van der Waals surface area (Å²) in [7, 11) is 0. The van der Waals surface area contributed by atoms with E-state index in [2.05, 4.69) is 69.4 Å². The SMILES string of the molecule is CCCCC/C=C\C/C=C\CCCCCCCC(=O)OCC(COC(=O)CCCCCCCCCCCCCCCCCCCCCCCCCCCCCCCCCCCC)OC(=O)CCCCCCC/C=C\C/C=C\CCCCCC. The first-order chi connectivity index (χ1) is 41.0. The molecule has 0 aliphatic heterocycles. The van der Waals surface area contributed by atoms with Crippen LogP contribution in [0.25, 0.3) is 0 Å². The normalized spacial score (nSPS) is 12.3. The van der Waals surface area contributed by atoms with Gasteiger partial charge >= 0.3 is 17.9 Å². The van der Waals surface area contributed by atoms with Gasteiger partial charge < -0.3 is 14.2 Å². The zero-order chi connectivity index (χ0) is 59.9. The van der Waals surface area contributed by atoms with Crippen LogP contribution in [0.3, 0.4) is 0 Å². The number of hydrogen-bond acceptors (Lipinski definition) is 6. The van der Waals surface area contributed by atoms with Gasteiger partial charge in [-0.2, -0.15) is 0 Å². The van der Waals surface area contributed by atoms with Gasteiger partial charge in [-0.05, 0) is 83.5 Å². The fraction of sp³-hybridized carbons (Fsp3) is 0.857. The van der Waals surface area contributed by atoms with Crippen LogP contribution < -0.4 is 0 Å². The number of carbonyl (C=O) groups is 3. The minimum atomic E-state index is -0.786. The van der Waals surface area contributed by atoms with Gasteiger partial charge in [0.1, 0.15) is 13.2 Å². The summed E-state index contributed by atoms with van der Waals surface area (Å²) in [6.45, 7) is 6.64. The molecule has 0 N–H and O–H groups in total. The molecule has 0 fully saturated rings. The highest BCUT2D eigenvalue weighted by atomic mass is 16.6. The van der Waals surface area contributed by atoms with E-state index in [1.165, 1.54) is 263 Å². The van der Waals surface area contributed by atoms with Crippen molar-refractivity contribution < 1.29 is 28.6 Å². The van der Waals surface area contributed by atoms with Crippen molar-refractivity contribution in [2.75, 3.05) is 13.2 Å². The van der Waals surface area contributed by atoms with Gasteiger partial charge in [-0.1, -0.05) is 352 Å². The maximum atomic E-state index is 12.9. The molecule has 6 heteroatoms. The highest BCUT2D eigenvalue weighted by Crippen LogP contribution is 2.19.